The van der Waals surface area contributed by atoms with E-state index in [0.717, 1.165) is 38.5 Å². The van der Waals surface area contributed by atoms with Gasteiger partial charge in [0, 0.05) is 24.7 Å². The van der Waals surface area contributed by atoms with E-state index in [1.165, 1.54) is 18.1 Å². The van der Waals surface area contributed by atoms with Crippen LogP contribution in [0.25, 0.3) is 0 Å². The minimum absolute atomic E-state index is 0.0164. The van der Waals surface area contributed by atoms with Crippen LogP contribution in [0, 0.1) is 28.6 Å². The molecule has 0 bridgehead atoms. The van der Waals surface area contributed by atoms with Crippen molar-refractivity contribution in [3.8, 4) is 0 Å². The molecule has 0 aliphatic heterocycles. The van der Waals surface area contributed by atoms with Gasteiger partial charge in [0.2, 0.25) is 0 Å². The zero-order chi connectivity index (χ0) is 19.4. The SMILES string of the molecule is CC(=O)OCC(=O)C1CCC2C3CCC4=CC(=O)CCC4(C)C3=CCC12C. The van der Waals surface area contributed by atoms with Crippen LogP contribution in [-0.4, -0.2) is 24.1 Å². The molecule has 0 aromatic rings. The van der Waals surface area contributed by atoms with Crippen molar-refractivity contribution in [3.05, 3.63) is 23.3 Å². The molecule has 0 saturated heterocycles. The Balaban J connectivity index is 1.61. The molecule has 0 heterocycles. The zero-order valence-electron chi connectivity index (χ0n) is 16.7. The van der Waals surface area contributed by atoms with Gasteiger partial charge in [0.05, 0.1) is 0 Å². The third-order valence-electron chi connectivity index (χ3n) is 8.14. The summed E-state index contributed by atoms with van der Waals surface area (Å²) in [5.41, 5.74) is 2.86. The van der Waals surface area contributed by atoms with Crippen LogP contribution in [0.1, 0.15) is 65.7 Å². The van der Waals surface area contributed by atoms with Crippen LogP contribution < -0.4 is 0 Å². The summed E-state index contributed by atoms with van der Waals surface area (Å²) in [4.78, 5) is 35.8. The highest BCUT2D eigenvalue weighted by atomic mass is 16.5. The Labute approximate surface area is 161 Å². The van der Waals surface area contributed by atoms with Gasteiger partial charge in [0.1, 0.15) is 6.61 Å². The molecular formula is C23H30O4. The predicted molar refractivity (Wildman–Crippen MR) is 102 cm³/mol. The molecule has 0 radical (unpaired) electrons. The summed E-state index contributed by atoms with van der Waals surface area (Å²) in [6.45, 7) is 5.86. The number of carbonyl (C=O) groups is 3. The average molecular weight is 370 g/mol. The topological polar surface area (TPSA) is 60.4 Å². The quantitative estimate of drug-likeness (QED) is 0.552. The Hall–Kier alpha value is -1.71. The fourth-order valence-corrected chi connectivity index (χ4v) is 6.66. The van der Waals surface area contributed by atoms with Gasteiger partial charge in [-0.3, -0.25) is 14.4 Å². The van der Waals surface area contributed by atoms with Crippen LogP contribution in [0.4, 0.5) is 0 Å². The maximum Gasteiger partial charge on any atom is 0.303 e. The molecule has 2 fully saturated rings. The van der Waals surface area contributed by atoms with Gasteiger partial charge in [0.25, 0.3) is 0 Å². The third-order valence-corrected chi connectivity index (χ3v) is 8.14. The van der Waals surface area contributed by atoms with Crippen LogP contribution in [0.3, 0.4) is 0 Å². The molecule has 4 aliphatic carbocycles. The Morgan fingerprint density at radius 3 is 2.70 bits per heavy atom. The van der Waals surface area contributed by atoms with Gasteiger partial charge in [-0.25, -0.2) is 0 Å². The number of allylic oxidation sites excluding steroid dienone is 4. The summed E-state index contributed by atoms with van der Waals surface area (Å²) in [7, 11) is 0. The van der Waals surface area contributed by atoms with Crippen LogP contribution in [-0.2, 0) is 19.1 Å². The van der Waals surface area contributed by atoms with E-state index in [1.807, 2.05) is 6.08 Å². The number of fused-ring (bicyclic) bond motifs is 5. The van der Waals surface area contributed by atoms with Gasteiger partial charge in [-0.15, -0.1) is 0 Å². The van der Waals surface area contributed by atoms with Gasteiger partial charge in [-0.05, 0) is 61.9 Å². The maximum absolute atomic E-state index is 12.8. The number of esters is 1. The largest absolute Gasteiger partial charge is 0.458 e. The highest BCUT2D eigenvalue weighted by Gasteiger charge is 2.57. The monoisotopic (exact) mass is 370 g/mol. The summed E-state index contributed by atoms with van der Waals surface area (Å²) in [5.74, 6) is 0.986. The van der Waals surface area contributed by atoms with Crippen molar-refractivity contribution < 1.29 is 19.1 Å². The van der Waals surface area contributed by atoms with Gasteiger partial charge in [0.15, 0.2) is 11.6 Å². The third kappa shape index (κ3) is 2.83. The molecule has 4 aliphatic rings. The van der Waals surface area contributed by atoms with Crippen molar-refractivity contribution in [2.75, 3.05) is 6.61 Å². The smallest absolute Gasteiger partial charge is 0.303 e. The van der Waals surface area contributed by atoms with Gasteiger partial charge in [-0.1, -0.05) is 31.1 Å². The second kappa shape index (κ2) is 6.42. The Morgan fingerprint density at radius 2 is 1.96 bits per heavy atom. The lowest BCUT2D eigenvalue weighted by Crippen LogP contribution is -2.45. The van der Waals surface area contributed by atoms with Crippen LogP contribution in [0.5, 0.6) is 0 Å². The predicted octanol–water partition coefficient (Wildman–Crippen LogP) is 4.19. The molecule has 2 saturated carbocycles. The molecule has 0 spiro atoms. The summed E-state index contributed by atoms with van der Waals surface area (Å²) >= 11 is 0. The van der Waals surface area contributed by atoms with E-state index in [2.05, 4.69) is 19.9 Å². The number of ketones is 2. The second-order valence-corrected chi connectivity index (χ2v) is 9.47. The molecule has 5 unspecified atom stereocenters. The average Bonchev–Trinajstić information content (AvgIpc) is 2.97. The number of hydrogen-bond donors (Lipinski definition) is 0. The van der Waals surface area contributed by atoms with Crippen molar-refractivity contribution in [1.82, 2.24) is 0 Å². The summed E-state index contributed by atoms with van der Waals surface area (Å²) in [6, 6.07) is 0. The van der Waals surface area contributed by atoms with E-state index in [9.17, 15) is 14.4 Å². The van der Waals surface area contributed by atoms with Crippen molar-refractivity contribution >= 4 is 17.5 Å². The Bertz CT molecular complexity index is 760. The van der Waals surface area contributed by atoms with Crippen molar-refractivity contribution in [3.63, 3.8) is 0 Å². The number of Topliss-reactive ketones (excluding diaryl/α,β-unsaturated/α-hetero) is 1. The first-order chi connectivity index (χ1) is 12.8. The first-order valence-electron chi connectivity index (χ1n) is 10.4. The fourth-order valence-electron chi connectivity index (χ4n) is 6.66. The maximum atomic E-state index is 12.8. The molecule has 5 atom stereocenters. The first-order valence-corrected chi connectivity index (χ1v) is 10.4. The molecule has 27 heavy (non-hydrogen) atoms. The lowest BCUT2D eigenvalue weighted by atomic mass is 9.51. The number of ether oxygens (including phenoxy) is 1. The number of carbonyl (C=O) groups excluding carboxylic acids is 3. The number of hydrogen-bond acceptors (Lipinski definition) is 4. The molecule has 146 valence electrons. The molecule has 4 heteroatoms. The summed E-state index contributed by atoms with van der Waals surface area (Å²) < 4.78 is 5.00. The minimum Gasteiger partial charge on any atom is -0.458 e. The van der Waals surface area contributed by atoms with E-state index >= 15 is 0 Å². The lowest BCUT2D eigenvalue weighted by molar-refractivity contribution is -0.148. The van der Waals surface area contributed by atoms with Crippen molar-refractivity contribution in [2.45, 2.75) is 65.7 Å². The molecular weight excluding hydrogens is 340 g/mol. The van der Waals surface area contributed by atoms with E-state index < -0.39 is 0 Å². The minimum atomic E-state index is -0.389. The molecule has 4 rings (SSSR count). The molecule has 0 amide bonds. The van der Waals surface area contributed by atoms with Crippen molar-refractivity contribution in [1.29, 1.82) is 0 Å². The van der Waals surface area contributed by atoms with Crippen LogP contribution in [0.2, 0.25) is 0 Å². The van der Waals surface area contributed by atoms with E-state index in [-0.39, 0.29) is 40.9 Å². The standard InChI is InChI=1S/C23H30O4/c1-14(24)27-13-21(26)20-7-6-18-17-5-4-15-12-16(25)8-10-22(15,2)19(17)9-11-23(18,20)3/h9,12,17-18,20H,4-8,10-11,13H2,1-3H3. The van der Waals surface area contributed by atoms with E-state index in [4.69, 9.17) is 4.74 Å². The van der Waals surface area contributed by atoms with Gasteiger partial charge in [-0.2, -0.15) is 0 Å². The first kappa shape index (κ1) is 18.6. The summed E-state index contributed by atoms with van der Waals surface area (Å²) in [6.07, 6.45) is 10.9. The zero-order valence-corrected chi connectivity index (χ0v) is 16.7. The molecule has 0 N–H and O–H groups in total. The Morgan fingerprint density at radius 1 is 1.19 bits per heavy atom. The summed E-state index contributed by atoms with van der Waals surface area (Å²) in [5, 5.41) is 0. The molecule has 4 nitrogen and oxygen atoms in total. The second-order valence-electron chi connectivity index (χ2n) is 9.47. The van der Waals surface area contributed by atoms with Gasteiger partial charge >= 0.3 is 5.97 Å². The number of rotatable bonds is 3. The normalized spacial score (nSPS) is 40.3. The lowest BCUT2D eigenvalue weighted by Gasteiger charge is -2.53. The highest BCUT2D eigenvalue weighted by Crippen LogP contribution is 2.64. The van der Waals surface area contributed by atoms with E-state index in [1.54, 1.807) is 0 Å². The van der Waals surface area contributed by atoms with Crippen LogP contribution >= 0.6 is 0 Å². The van der Waals surface area contributed by atoms with Crippen molar-refractivity contribution in [2.24, 2.45) is 28.6 Å². The van der Waals surface area contributed by atoms with Gasteiger partial charge < -0.3 is 4.74 Å². The highest BCUT2D eigenvalue weighted by molar-refractivity contribution is 5.92. The van der Waals surface area contributed by atoms with E-state index in [0.29, 0.717) is 18.3 Å². The van der Waals surface area contributed by atoms with Crippen LogP contribution in [0.15, 0.2) is 23.3 Å². The fraction of sp³-hybridized carbons (Fsp3) is 0.696. The Kier molecular flexibility index (Phi) is 4.44. The molecule has 0 aromatic heterocycles. The molecule has 0 aromatic carbocycles.